The van der Waals surface area contributed by atoms with Crippen molar-refractivity contribution in [3.05, 3.63) is 52.0 Å². The number of hydrogen-bond acceptors (Lipinski definition) is 4. The van der Waals surface area contributed by atoms with Gasteiger partial charge in [-0.1, -0.05) is 29.3 Å². The van der Waals surface area contributed by atoms with Crippen LogP contribution < -0.4 is 9.44 Å². The lowest BCUT2D eigenvalue weighted by Gasteiger charge is -2.13. The number of anilines is 2. The molecule has 0 amide bonds. The predicted molar refractivity (Wildman–Crippen MR) is 85.4 cm³/mol. The summed E-state index contributed by atoms with van der Waals surface area (Å²) in [5.74, 6) is -0.374. The third kappa shape index (κ3) is 3.74. The summed E-state index contributed by atoms with van der Waals surface area (Å²) < 4.78 is 28.4. The zero-order chi connectivity index (χ0) is 16.3. The molecule has 2 aromatic carbocycles. The van der Waals surface area contributed by atoms with Crippen molar-refractivity contribution in [3.8, 4) is 11.8 Å². The number of rotatable bonds is 4. The Hall–Kier alpha value is -2.14. The summed E-state index contributed by atoms with van der Waals surface area (Å²) >= 11 is 11.7. The van der Waals surface area contributed by atoms with Crippen molar-refractivity contribution in [1.29, 1.82) is 5.26 Å². The van der Waals surface area contributed by atoms with Crippen LogP contribution in [0.4, 0.5) is 11.4 Å². The van der Waals surface area contributed by atoms with Gasteiger partial charge in [-0.05, 0) is 30.3 Å². The van der Waals surface area contributed by atoms with E-state index in [0.29, 0.717) is 0 Å². The van der Waals surface area contributed by atoms with E-state index < -0.39 is 10.2 Å². The first kappa shape index (κ1) is 16.2. The number of phenols is 1. The molecular formula is C13H9Cl2N3O3S. The van der Waals surface area contributed by atoms with Crippen molar-refractivity contribution in [1.82, 2.24) is 0 Å². The maximum Gasteiger partial charge on any atom is 0.321 e. The van der Waals surface area contributed by atoms with Crippen LogP contribution in [0.2, 0.25) is 10.0 Å². The minimum atomic E-state index is -4.06. The van der Waals surface area contributed by atoms with Gasteiger partial charge >= 0.3 is 10.2 Å². The van der Waals surface area contributed by atoms with Gasteiger partial charge in [0, 0.05) is 0 Å². The lowest BCUT2D eigenvalue weighted by Crippen LogP contribution is -2.21. The maximum atomic E-state index is 12.0. The smallest absolute Gasteiger partial charge is 0.321 e. The van der Waals surface area contributed by atoms with E-state index in [-0.39, 0.29) is 32.7 Å². The van der Waals surface area contributed by atoms with E-state index in [4.69, 9.17) is 28.5 Å². The van der Waals surface area contributed by atoms with E-state index in [9.17, 15) is 13.5 Å². The molecule has 0 fully saturated rings. The Morgan fingerprint density at radius 1 is 1.09 bits per heavy atom. The number of hydrogen-bond donors (Lipinski definition) is 3. The molecular weight excluding hydrogens is 349 g/mol. The molecule has 2 aromatic rings. The molecule has 0 radical (unpaired) electrons. The highest BCUT2D eigenvalue weighted by molar-refractivity contribution is 7.94. The normalized spacial score (nSPS) is 10.8. The highest BCUT2D eigenvalue weighted by atomic mass is 35.5. The fourth-order valence-corrected chi connectivity index (χ4v) is 2.96. The van der Waals surface area contributed by atoms with E-state index >= 15 is 0 Å². The second-order valence-electron chi connectivity index (χ2n) is 4.15. The van der Waals surface area contributed by atoms with E-state index in [2.05, 4.69) is 9.44 Å². The van der Waals surface area contributed by atoms with E-state index in [0.717, 1.165) is 6.07 Å². The summed E-state index contributed by atoms with van der Waals surface area (Å²) in [4.78, 5) is 0. The molecule has 0 aromatic heterocycles. The van der Waals surface area contributed by atoms with Crippen molar-refractivity contribution in [2.45, 2.75) is 0 Å². The first-order valence-corrected chi connectivity index (χ1v) is 8.04. The Morgan fingerprint density at radius 2 is 1.77 bits per heavy atom. The van der Waals surface area contributed by atoms with Gasteiger partial charge in [-0.15, -0.1) is 0 Å². The topological polar surface area (TPSA) is 102 Å². The maximum absolute atomic E-state index is 12.0. The Bertz CT molecular complexity index is 863. The lowest BCUT2D eigenvalue weighted by molar-refractivity contribution is 0.477. The Balaban J connectivity index is 2.25. The Morgan fingerprint density at radius 3 is 2.41 bits per heavy atom. The van der Waals surface area contributed by atoms with Crippen LogP contribution in [0, 0.1) is 11.3 Å². The fraction of sp³-hybridized carbons (Fsp3) is 0. The largest absolute Gasteiger partial charge is 0.506 e. The average Bonchev–Trinajstić information content (AvgIpc) is 2.45. The molecule has 0 bridgehead atoms. The molecule has 2 rings (SSSR count). The zero-order valence-electron chi connectivity index (χ0n) is 10.8. The van der Waals surface area contributed by atoms with Crippen LogP contribution in [-0.2, 0) is 10.2 Å². The van der Waals surface area contributed by atoms with Crippen molar-refractivity contribution in [2.24, 2.45) is 0 Å². The molecule has 9 heteroatoms. The molecule has 0 aliphatic carbocycles. The standard InChI is InChI=1S/C13H9Cl2N3O3S/c14-9-2-1-3-11(13(9)15)18-22(20,21)17-10-5-4-8(7-16)6-12(10)19/h1-6,17-19H. The summed E-state index contributed by atoms with van der Waals surface area (Å²) in [6.45, 7) is 0. The third-order valence-electron chi connectivity index (χ3n) is 2.57. The van der Waals surface area contributed by atoms with Crippen LogP contribution in [0.5, 0.6) is 5.75 Å². The molecule has 6 nitrogen and oxygen atoms in total. The molecule has 0 aliphatic rings. The number of aromatic hydroxyl groups is 1. The monoisotopic (exact) mass is 357 g/mol. The van der Waals surface area contributed by atoms with Crippen LogP contribution in [0.25, 0.3) is 0 Å². The quantitative estimate of drug-likeness (QED) is 0.730. The minimum Gasteiger partial charge on any atom is -0.506 e. The molecule has 0 aliphatic heterocycles. The zero-order valence-corrected chi connectivity index (χ0v) is 13.2. The van der Waals surface area contributed by atoms with E-state index in [1.165, 1.54) is 30.3 Å². The molecule has 0 saturated heterocycles. The van der Waals surface area contributed by atoms with E-state index in [1.54, 1.807) is 0 Å². The molecule has 0 saturated carbocycles. The van der Waals surface area contributed by atoms with Gasteiger partial charge < -0.3 is 5.11 Å². The SMILES string of the molecule is N#Cc1ccc(NS(=O)(=O)Nc2cccc(Cl)c2Cl)c(O)c1. The highest BCUT2D eigenvalue weighted by Gasteiger charge is 2.15. The number of halogens is 2. The summed E-state index contributed by atoms with van der Waals surface area (Å²) in [6, 6.07) is 10.1. The number of benzene rings is 2. The van der Waals surface area contributed by atoms with E-state index in [1.807, 2.05) is 6.07 Å². The third-order valence-corrected chi connectivity index (χ3v) is 4.36. The molecule has 0 spiro atoms. The summed E-state index contributed by atoms with van der Waals surface area (Å²) in [7, 11) is -4.06. The first-order chi connectivity index (χ1) is 10.3. The van der Waals surface area contributed by atoms with Crippen molar-refractivity contribution in [2.75, 3.05) is 9.44 Å². The fourth-order valence-electron chi connectivity index (χ4n) is 1.59. The van der Waals surface area contributed by atoms with Crippen LogP contribution in [0.15, 0.2) is 36.4 Å². The van der Waals surface area contributed by atoms with Crippen molar-refractivity contribution >= 4 is 44.8 Å². The molecule has 0 heterocycles. The average molecular weight is 358 g/mol. The van der Waals surface area contributed by atoms with Gasteiger partial charge in [0.2, 0.25) is 0 Å². The molecule has 22 heavy (non-hydrogen) atoms. The number of phenolic OH excluding ortho intramolecular Hbond substituents is 1. The summed E-state index contributed by atoms with van der Waals surface area (Å²) in [5.41, 5.74) is 0.214. The van der Waals surface area contributed by atoms with Crippen LogP contribution in [0.3, 0.4) is 0 Å². The second-order valence-corrected chi connectivity index (χ2v) is 6.35. The Kier molecular flexibility index (Phi) is 4.66. The molecule has 114 valence electrons. The van der Waals surface area contributed by atoms with Gasteiger partial charge in [0.15, 0.2) is 0 Å². The minimum absolute atomic E-state index is 0.0543. The second kappa shape index (κ2) is 6.32. The van der Waals surface area contributed by atoms with Gasteiger partial charge in [-0.3, -0.25) is 9.44 Å². The number of nitrogens with zero attached hydrogens (tertiary/aromatic N) is 1. The summed E-state index contributed by atoms with van der Waals surface area (Å²) in [5, 5.41) is 18.6. The van der Waals surface area contributed by atoms with Gasteiger partial charge in [-0.2, -0.15) is 13.7 Å². The van der Waals surface area contributed by atoms with Crippen LogP contribution in [-0.4, -0.2) is 13.5 Å². The highest BCUT2D eigenvalue weighted by Crippen LogP contribution is 2.31. The van der Waals surface area contributed by atoms with Crippen LogP contribution >= 0.6 is 23.2 Å². The van der Waals surface area contributed by atoms with Gasteiger partial charge in [0.25, 0.3) is 0 Å². The summed E-state index contributed by atoms with van der Waals surface area (Å²) in [6.07, 6.45) is 0. The lowest BCUT2D eigenvalue weighted by atomic mass is 10.2. The molecule has 0 atom stereocenters. The number of nitrogens with one attached hydrogen (secondary N) is 2. The predicted octanol–water partition coefficient (Wildman–Crippen LogP) is 3.34. The van der Waals surface area contributed by atoms with Crippen LogP contribution in [0.1, 0.15) is 5.56 Å². The molecule has 0 unspecified atom stereocenters. The van der Waals surface area contributed by atoms with Crippen molar-refractivity contribution < 1.29 is 13.5 Å². The Labute approximate surface area is 137 Å². The first-order valence-electron chi connectivity index (χ1n) is 5.80. The molecule has 3 N–H and O–H groups in total. The van der Waals surface area contributed by atoms with Gasteiger partial charge in [0.05, 0.1) is 33.1 Å². The number of nitriles is 1. The van der Waals surface area contributed by atoms with Crippen molar-refractivity contribution in [3.63, 3.8) is 0 Å². The van der Waals surface area contributed by atoms with Gasteiger partial charge in [-0.25, -0.2) is 0 Å². The van der Waals surface area contributed by atoms with Gasteiger partial charge in [0.1, 0.15) is 5.75 Å².